The highest BCUT2D eigenvalue weighted by Gasteiger charge is 2.13. The quantitative estimate of drug-likeness (QED) is 0.428. The van der Waals surface area contributed by atoms with Gasteiger partial charge in [0.05, 0.1) is 11.8 Å². The molecule has 0 aliphatic carbocycles. The van der Waals surface area contributed by atoms with Crippen LogP contribution in [-0.4, -0.2) is 16.3 Å². The third kappa shape index (κ3) is 4.41. The molecule has 102 valence electrons. The van der Waals surface area contributed by atoms with Gasteiger partial charge in [-0.25, -0.2) is 0 Å². The van der Waals surface area contributed by atoms with Gasteiger partial charge in [0.2, 0.25) is 0 Å². The molecular weight excluding hydrogens is 226 g/mol. The lowest BCUT2D eigenvalue weighted by molar-refractivity contribution is 0.178. The zero-order valence-electron chi connectivity index (χ0n) is 11.6. The first-order valence-electron chi connectivity index (χ1n) is 6.48. The van der Waals surface area contributed by atoms with E-state index in [9.17, 15) is 10.2 Å². The Balaban J connectivity index is 0.00000137. The molecule has 18 heavy (non-hydrogen) atoms. The lowest BCUT2D eigenvalue weighted by Gasteiger charge is -2.15. The van der Waals surface area contributed by atoms with Crippen molar-refractivity contribution in [1.29, 1.82) is 0 Å². The average Bonchev–Trinajstić information content (AvgIpc) is 2.38. The first kappa shape index (κ1) is 16.5. The first-order chi connectivity index (χ1) is 8.60. The molecule has 3 heteroatoms. The summed E-state index contributed by atoms with van der Waals surface area (Å²) >= 11 is 0. The zero-order valence-corrected chi connectivity index (χ0v) is 11.6. The third-order valence-corrected chi connectivity index (χ3v) is 2.69. The summed E-state index contributed by atoms with van der Waals surface area (Å²) in [5, 5.41) is 19.3. The van der Waals surface area contributed by atoms with Gasteiger partial charge in [0, 0.05) is 6.42 Å². The number of anilines is 1. The largest absolute Gasteiger partial charge is 0.506 e. The summed E-state index contributed by atoms with van der Waals surface area (Å²) in [6.45, 7) is 9.61. The molecule has 0 radical (unpaired) electrons. The highest BCUT2D eigenvalue weighted by atomic mass is 16.3. The molecule has 4 N–H and O–H groups in total. The van der Waals surface area contributed by atoms with Gasteiger partial charge in [-0.1, -0.05) is 32.9 Å². The Bertz CT molecular complexity index is 375. The topological polar surface area (TPSA) is 66.5 Å². The Kier molecular flexibility index (Phi) is 7.88. The summed E-state index contributed by atoms with van der Waals surface area (Å²) in [6, 6.07) is 3.44. The lowest BCUT2D eigenvalue weighted by atomic mass is 9.96. The van der Waals surface area contributed by atoms with Gasteiger partial charge in [-0.15, -0.1) is 6.58 Å². The van der Waals surface area contributed by atoms with Crippen LogP contribution in [0.25, 0.3) is 0 Å². The van der Waals surface area contributed by atoms with Gasteiger partial charge in [-0.2, -0.15) is 0 Å². The number of nitrogens with two attached hydrogens (primary N) is 1. The van der Waals surface area contributed by atoms with Gasteiger partial charge in [0.15, 0.2) is 0 Å². The lowest BCUT2D eigenvalue weighted by Crippen LogP contribution is -2.12. The SMILES string of the molecule is C=CCC(O)Cc1c(CC)ccc(O)c1N.CC. The summed E-state index contributed by atoms with van der Waals surface area (Å²) in [5.41, 5.74) is 8.11. The summed E-state index contributed by atoms with van der Waals surface area (Å²) in [7, 11) is 0. The number of aliphatic hydroxyl groups is 1. The predicted octanol–water partition coefficient (Wildman–Crippen LogP) is 3.04. The minimum atomic E-state index is -0.494. The van der Waals surface area contributed by atoms with Crippen molar-refractivity contribution >= 4 is 5.69 Å². The van der Waals surface area contributed by atoms with E-state index < -0.39 is 6.10 Å². The van der Waals surface area contributed by atoms with E-state index in [4.69, 9.17) is 5.73 Å². The molecule has 0 bridgehead atoms. The summed E-state index contributed by atoms with van der Waals surface area (Å²) in [5.74, 6) is 0.0815. The number of aromatic hydroxyl groups is 1. The number of benzene rings is 1. The fraction of sp³-hybridized carbons (Fsp3) is 0.467. The van der Waals surface area contributed by atoms with Crippen LogP contribution in [0.15, 0.2) is 24.8 Å². The summed E-state index contributed by atoms with van der Waals surface area (Å²) < 4.78 is 0. The molecule has 1 rings (SSSR count). The van der Waals surface area contributed by atoms with Crippen molar-refractivity contribution in [3.63, 3.8) is 0 Å². The molecule has 3 nitrogen and oxygen atoms in total. The maximum absolute atomic E-state index is 9.73. The fourth-order valence-electron chi connectivity index (χ4n) is 1.78. The Hall–Kier alpha value is -1.48. The van der Waals surface area contributed by atoms with Crippen molar-refractivity contribution in [2.45, 2.75) is 46.1 Å². The monoisotopic (exact) mass is 251 g/mol. The van der Waals surface area contributed by atoms with Gasteiger partial charge < -0.3 is 15.9 Å². The van der Waals surface area contributed by atoms with Crippen LogP contribution in [0, 0.1) is 0 Å². The summed E-state index contributed by atoms with van der Waals surface area (Å²) in [4.78, 5) is 0. The Morgan fingerprint density at radius 1 is 1.39 bits per heavy atom. The highest BCUT2D eigenvalue weighted by molar-refractivity contribution is 5.60. The van der Waals surface area contributed by atoms with Crippen molar-refractivity contribution in [2.24, 2.45) is 0 Å². The van der Waals surface area contributed by atoms with E-state index in [-0.39, 0.29) is 5.75 Å². The van der Waals surface area contributed by atoms with Crippen molar-refractivity contribution in [3.8, 4) is 5.75 Å². The second-order valence-corrected chi connectivity index (χ2v) is 3.87. The van der Waals surface area contributed by atoms with E-state index in [0.717, 1.165) is 17.5 Å². The van der Waals surface area contributed by atoms with Crippen molar-refractivity contribution in [1.82, 2.24) is 0 Å². The molecule has 1 aromatic carbocycles. The van der Waals surface area contributed by atoms with Crippen LogP contribution in [0.4, 0.5) is 5.69 Å². The van der Waals surface area contributed by atoms with Crippen LogP contribution >= 0.6 is 0 Å². The maximum atomic E-state index is 9.73. The van der Waals surface area contributed by atoms with E-state index in [0.29, 0.717) is 18.5 Å². The Morgan fingerprint density at radius 2 is 2.00 bits per heavy atom. The summed E-state index contributed by atoms with van der Waals surface area (Å²) in [6.07, 6.45) is 3.00. The van der Waals surface area contributed by atoms with Crippen LogP contribution in [-0.2, 0) is 12.8 Å². The minimum absolute atomic E-state index is 0.0815. The molecular formula is C15H25NO2. The Morgan fingerprint density at radius 3 is 2.50 bits per heavy atom. The first-order valence-corrected chi connectivity index (χ1v) is 6.48. The number of rotatable bonds is 5. The molecule has 0 saturated carbocycles. The molecule has 0 aliphatic rings. The molecule has 0 aromatic heterocycles. The predicted molar refractivity (Wildman–Crippen MR) is 77.8 cm³/mol. The standard InChI is InChI=1S/C13H19NO2.C2H6/c1-3-5-10(15)8-11-9(4-2)6-7-12(16)13(11)14;1-2/h3,6-7,10,15-16H,1,4-5,8,14H2,2H3;1-2H3. The average molecular weight is 251 g/mol. The van der Waals surface area contributed by atoms with E-state index in [1.807, 2.05) is 26.8 Å². The van der Waals surface area contributed by atoms with Crippen LogP contribution in [0.1, 0.15) is 38.3 Å². The molecule has 0 fully saturated rings. The van der Waals surface area contributed by atoms with Crippen molar-refractivity contribution in [2.75, 3.05) is 5.73 Å². The number of phenolic OH excluding ortho intramolecular Hbond substituents is 1. The number of hydrogen-bond donors (Lipinski definition) is 3. The van der Waals surface area contributed by atoms with Crippen LogP contribution in [0.3, 0.4) is 0 Å². The van der Waals surface area contributed by atoms with Crippen molar-refractivity contribution < 1.29 is 10.2 Å². The van der Waals surface area contributed by atoms with E-state index in [1.54, 1.807) is 12.1 Å². The molecule has 0 saturated heterocycles. The fourth-order valence-corrected chi connectivity index (χ4v) is 1.78. The number of phenols is 1. The third-order valence-electron chi connectivity index (χ3n) is 2.69. The van der Waals surface area contributed by atoms with Gasteiger partial charge >= 0.3 is 0 Å². The van der Waals surface area contributed by atoms with Gasteiger partial charge in [0.25, 0.3) is 0 Å². The van der Waals surface area contributed by atoms with Gasteiger partial charge in [-0.3, -0.25) is 0 Å². The van der Waals surface area contributed by atoms with Gasteiger partial charge in [-0.05, 0) is 30.0 Å². The molecule has 0 amide bonds. The van der Waals surface area contributed by atoms with Crippen LogP contribution < -0.4 is 5.73 Å². The molecule has 1 aromatic rings. The van der Waals surface area contributed by atoms with E-state index in [1.165, 1.54) is 0 Å². The maximum Gasteiger partial charge on any atom is 0.138 e. The normalized spacial score (nSPS) is 11.3. The molecule has 1 atom stereocenters. The van der Waals surface area contributed by atoms with Crippen LogP contribution in [0.2, 0.25) is 0 Å². The van der Waals surface area contributed by atoms with E-state index >= 15 is 0 Å². The highest BCUT2D eigenvalue weighted by Crippen LogP contribution is 2.29. The van der Waals surface area contributed by atoms with Gasteiger partial charge in [0.1, 0.15) is 5.75 Å². The molecule has 0 heterocycles. The molecule has 0 spiro atoms. The number of hydrogen-bond acceptors (Lipinski definition) is 3. The number of aryl methyl sites for hydroxylation is 1. The zero-order chi connectivity index (χ0) is 14.1. The van der Waals surface area contributed by atoms with E-state index in [2.05, 4.69) is 6.58 Å². The Labute approximate surface area is 110 Å². The number of aliphatic hydroxyl groups excluding tert-OH is 1. The van der Waals surface area contributed by atoms with Crippen LogP contribution in [0.5, 0.6) is 5.75 Å². The number of nitrogen functional groups attached to an aromatic ring is 1. The second-order valence-electron chi connectivity index (χ2n) is 3.87. The minimum Gasteiger partial charge on any atom is -0.506 e. The van der Waals surface area contributed by atoms with Crippen molar-refractivity contribution in [3.05, 3.63) is 35.9 Å². The second kappa shape index (κ2) is 8.59. The molecule has 1 unspecified atom stereocenters. The molecule has 0 aliphatic heterocycles. The smallest absolute Gasteiger partial charge is 0.138 e.